The molecular formula is C23H19Cl2N3O3. The number of nitrogens with zero attached hydrogens (tertiary/aromatic N) is 1. The standard InChI is InChI=1S/C23H19Cl2N3O3/c24-20-11-8-18(12-21(20)25)23(30)26-14-22(29)28-27-13-16-6-9-19(10-7-16)31-15-17-4-2-1-3-5-17/h1-13H,14-15H2,(H,26,30)(H,28,29)/b27-13+. The lowest BCUT2D eigenvalue weighted by Crippen LogP contribution is -2.34. The Morgan fingerprint density at radius 1 is 0.935 bits per heavy atom. The smallest absolute Gasteiger partial charge is 0.259 e. The molecule has 3 aromatic carbocycles. The van der Waals surface area contributed by atoms with Crippen LogP contribution in [0.25, 0.3) is 0 Å². The average Bonchev–Trinajstić information content (AvgIpc) is 2.79. The highest BCUT2D eigenvalue weighted by Gasteiger charge is 2.09. The molecule has 6 nitrogen and oxygen atoms in total. The van der Waals surface area contributed by atoms with Crippen molar-refractivity contribution in [1.29, 1.82) is 0 Å². The molecule has 0 radical (unpaired) electrons. The second-order valence-electron chi connectivity index (χ2n) is 6.45. The minimum Gasteiger partial charge on any atom is -0.489 e. The third kappa shape index (κ3) is 7.13. The fourth-order valence-electron chi connectivity index (χ4n) is 2.51. The van der Waals surface area contributed by atoms with E-state index in [-0.39, 0.29) is 11.6 Å². The molecule has 0 bridgehead atoms. The summed E-state index contributed by atoms with van der Waals surface area (Å²) in [4.78, 5) is 23.9. The predicted molar refractivity (Wildman–Crippen MR) is 122 cm³/mol. The maximum absolute atomic E-state index is 12.0. The van der Waals surface area contributed by atoms with Crippen LogP contribution in [0.4, 0.5) is 0 Å². The van der Waals surface area contributed by atoms with E-state index in [0.717, 1.165) is 16.9 Å². The van der Waals surface area contributed by atoms with Crippen LogP contribution < -0.4 is 15.5 Å². The summed E-state index contributed by atoms with van der Waals surface area (Å²) in [5.74, 6) is -0.175. The van der Waals surface area contributed by atoms with E-state index in [2.05, 4.69) is 15.8 Å². The number of rotatable bonds is 8. The number of nitrogens with one attached hydrogen (secondary N) is 2. The maximum atomic E-state index is 12.0. The molecule has 2 amide bonds. The molecule has 0 saturated carbocycles. The summed E-state index contributed by atoms with van der Waals surface area (Å²) in [6.45, 7) is 0.251. The number of carbonyl (C=O) groups is 2. The minimum atomic E-state index is -0.465. The van der Waals surface area contributed by atoms with E-state index in [9.17, 15) is 9.59 Å². The summed E-state index contributed by atoms with van der Waals surface area (Å²) in [5.41, 5.74) is 4.53. The molecule has 0 heterocycles. The quantitative estimate of drug-likeness (QED) is 0.388. The van der Waals surface area contributed by atoms with Gasteiger partial charge in [0.05, 0.1) is 22.8 Å². The summed E-state index contributed by atoms with van der Waals surface area (Å²) >= 11 is 11.7. The monoisotopic (exact) mass is 455 g/mol. The Kier molecular flexibility index (Phi) is 8.04. The Labute approximate surface area is 189 Å². The first-order chi connectivity index (χ1) is 15.0. The topological polar surface area (TPSA) is 79.8 Å². The Balaban J connectivity index is 1.41. The summed E-state index contributed by atoms with van der Waals surface area (Å²) in [6.07, 6.45) is 1.50. The van der Waals surface area contributed by atoms with Crippen LogP contribution in [0.5, 0.6) is 5.75 Å². The average molecular weight is 456 g/mol. The second-order valence-corrected chi connectivity index (χ2v) is 7.26. The molecule has 8 heteroatoms. The summed E-state index contributed by atoms with van der Waals surface area (Å²) < 4.78 is 5.72. The van der Waals surface area contributed by atoms with Gasteiger partial charge in [-0.3, -0.25) is 9.59 Å². The van der Waals surface area contributed by atoms with Gasteiger partial charge in [0.2, 0.25) is 0 Å². The van der Waals surface area contributed by atoms with E-state index < -0.39 is 11.8 Å². The normalized spacial score (nSPS) is 10.6. The van der Waals surface area contributed by atoms with Gasteiger partial charge < -0.3 is 10.1 Å². The van der Waals surface area contributed by atoms with Gasteiger partial charge in [-0.1, -0.05) is 53.5 Å². The first kappa shape index (κ1) is 22.3. The molecule has 0 saturated heterocycles. The lowest BCUT2D eigenvalue weighted by atomic mass is 10.2. The van der Waals surface area contributed by atoms with Gasteiger partial charge in [-0.15, -0.1) is 0 Å². The van der Waals surface area contributed by atoms with Crippen LogP contribution in [0.2, 0.25) is 10.0 Å². The van der Waals surface area contributed by atoms with E-state index in [1.807, 2.05) is 54.6 Å². The molecule has 3 aromatic rings. The van der Waals surface area contributed by atoms with Gasteiger partial charge in [-0.25, -0.2) is 5.43 Å². The fourth-order valence-corrected chi connectivity index (χ4v) is 2.81. The lowest BCUT2D eigenvalue weighted by molar-refractivity contribution is -0.120. The number of hydrogen-bond donors (Lipinski definition) is 2. The van der Waals surface area contributed by atoms with Gasteiger partial charge in [0, 0.05) is 5.56 Å². The van der Waals surface area contributed by atoms with E-state index in [1.165, 1.54) is 24.4 Å². The third-order valence-electron chi connectivity index (χ3n) is 4.12. The van der Waals surface area contributed by atoms with Gasteiger partial charge >= 0.3 is 0 Å². The van der Waals surface area contributed by atoms with Gasteiger partial charge in [0.1, 0.15) is 12.4 Å². The summed E-state index contributed by atoms with van der Waals surface area (Å²) in [7, 11) is 0. The molecule has 2 N–H and O–H groups in total. The van der Waals surface area contributed by atoms with Crippen molar-refractivity contribution in [3.05, 3.63) is 99.5 Å². The SMILES string of the molecule is O=C(CNC(=O)c1ccc(Cl)c(Cl)c1)N/N=C/c1ccc(OCc2ccccc2)cc1. The molecule has 0 aliphatic carbocycles. The molecule has 0 unspecified atom stereocenters. The van der Waals surface area contributed by atoms with Crippen LogP contribution in [0, 0.1) is 0 Å². The van der Waals surface area contributed by atoms with Crippen LogP contribution in [0.1, 0.15) is 21.5 Å². The Hall–Kier alpha value is -3.35. The van der Waals surface area contributed by atoms with E-state index >= 15 is 0 Å². The molecule has 0 atom stereocenters. The van der Waals surface area contributed by atoms with E-state index in [4.69, 9.17) is 27.9 Å². The largest absolute Gasteiger partial charge is 0.489 e. The van der Waals surface area contributed by atoms with Gasteiger partial charge in [0.25, 0.3) is 11.8 Å². The second kappa shape index (κ2) is 11.2. The summed E-state index contributed by atoms with van der Waals surface area (Å²) in [6, 6.07) is 21.6. The molecule has 31 heavy (non-hydrogen) atoms. The predicted octanol–water partition coefficient (Wildman–Crippen LogP) is 4.45. The molecular weight excluding hydrogens is 437 g/mol. The molecule has 0 fully saturated rings. The highest BCUT2D eigenvalue weighted by atomic mass is 35.5. The fraction of sp³-hybridized carbons (Fsp3) is 0.0870. The first-order valence-electron chi connectivity index (χ1n) is 9.33. The van der Waals surface area contributed by atoms with Crippen LogP contribution in [-0.4, -0.2) is 24.6 Å². The van der Waals surface area contributed by atoms with Crippen molar-refractivity contribution < 1.29 is 14.3 Å². The third-order valence-corrected chi connectivity index (χ3v) is 4.86. The van der Waals surface area contributed by atoms with Gasteiger partial charge in [-0.05, 0) is 53.6 Å². The number of carbonyl (C=O) groups excluding carboxylic acids is 2. The van der Waals surface area contributed by atoms with Crippen molar-refractivity contribution in [2.75, 3.05) is 6.54 Å². The van der Waals surface area contributed by atoms with Crippen molar-refractivity contribution in [3.63, 3.8) is 0 Å². The zero-order valence-electron chi connectivity index (χ0n) is 16.3. The summed E-state index contributed by atoms with van der Waals surface area (Å²) in [5, 5.41) is 6.98. The number of halogens is 2. The van der Waals surface area contributed by atoms with Crippen molar-refractivity contribution in [1.82, 2.24) is 10.7 Å². The molecule has 158 valence electrons. The molecule has 3 rings (SSSR count). The Morgan fingerprint density at radius 2 is 1.68 bits per heavy atom. The molecule has 0 aliphatic heterocycles. The van der Waals surface area contributed by atoms with Crippen LogP contribution in [-0.2, 0) is 11.4 Å². The Morgan fingerprint density at radius 3 is 2.39 bits per heavy atom. The first-order valence-corrected chi connectivity index (χ1v) is 10.1. The van der Waals surface area contributed by atoms with Crippen LogP contribution >= 0.6 is 23.2 Å². The van der Waals surface area contributed by atoms with Gasteiger partial charge in [0.15, 0.2) is 0 Å². The van der Waals surface area contributed by atoms with Crippen molar-refractivity contribution >= 4 is 41.2 Å². The molecule has 0 aliphatic rings. The van der Waals surface area contributed by atoms with Crippen LogP contribution in [0.15, 0.2) is 77.9 Å². The molecule has 0 spiro atoms. The van der Waals surface area contributed by atoms with Crippen LogP contribution in [0.3, 0.4) is 0 Å². The number of amides is 2. The number of benzene rings is 3. The van der Waals surface area contributed by atoms with Crippen molar-refractivity contribution in [2.45, 2.75) is 6.61 Å². The van der Waals surface area contributed by atoms with Crippen molar-refractivity contribution in [3.8, 4) is 5.75 Å². The van der Waals surface area contributed by atoms with E-state index in [1.54, 1.807) is 0 Å². The lowest BCUT2D eigenvalue weighted by Gasteiger charge is -2.06. The zero-order valence-corrected chi connectivity index (χ0v) is 17.9. The molecule has 0 aromatic heterocycles. The maximum Gasteiger partial charge on any atom is 0.259 e. The minimum absolute atomic E-state index is 0.233. The highest BCUT2D eigenvalue weighted by Crippen LogP contribution is 2.22. The Bertz CT molecular complexity index is 1070. The van der Waals surface area contributed by atoms with E-state index in [0.29, 0.717) is 17.2 Å². The van der Waals surface area contributed by atoms with Crippen molar-refractivity contribution in [2.24, 2.45) is 5.10 Å². The highest BCUT2D eigenvalue weighted by molar-refractivity contribution is 6.42. The number of hydrogen-bond acceptors (Lipinski definition) is 4. The zero-order chi connectivity index (χ0) is 22.1. The number of ether oxygens (including phenoxy) is 1. The number of hydrazone groups is 1. The van der Waals surface area contributed by atoms with Gasteiger partial charge in [-0.2, -0.15) is 5.10 Å².